The highest BCUT2D eigenvalue weighted by molar-refractivity contribution is 5.71. The van der Waals surface area contributed by atoms with Crippen molar-refractivity contribution in [2.24, 2.45) is 0 Å². The van der Waals surface area contributed by atoms with Crippen LogP contribution in [0.1, 0.15) is 226 Å². The van der Waals surface area contributed by atoms with Gasteiger partial charge in [-0.05, 0) is 77.0 Å². The van der Waals surface area contributed by atoms with E-state index >= 15 is 0 Å². The van der Waals surface area contributed by atoms with Crippen LogP contribution in [0.2, 0.25) is 0 Å². The van der Waals surface area contributed by atoms with Crippen LogP contribution in [0.5, 0.6) is 0 Å². The van der Waals surface area contributed by atoms with Crippen molar-refractivity contribution in [1.29, 1.82) is 0 Å². The van der Waals surface area contributed by atoms with Crippen LogP contribution in [-0.2, 0) is 28.6 Å². The quantitative estimate of drug-likeness (QED) is 0.0265. The number of hydrogen-bond donors (Lipinski definition) is 0. The molecular weight excluding hydrogens is 709 g/mol. The van der Waals surface area contributed by atoms with Gasteiger partial charge < -0.3 is 14.2 Å². The van der Waals surface area contributed by atoms with Crippen LogP contribution in [0.4, 0.5) is 0 Å². The number of rotatable bonds is 42. The predicted molar refractivity (Wildman–Crippen MR) is 242 cm³/mol. The Morgan fingerprint density at radius 1 is 0.368 bits per heavy atom. The highest BCUT2D eigenvalue weighted by Gasteiger charge is 2.19. The molecule has 1 unspecified atom stereocenters. The molecule has 0 saturated heterocycles. The van der Waals surface area contributed by atoms with Crippen LogP contribution in [0, 0.1) is 0 Å². The minimum absolute atomic E-state index is 0.0861. The van der Waals surface area contributed by atoms with Crippen molar-refractivity contribution in [3.8, 4) is 0 Å². The van der Waals surface area contributed by atoms with Crippen LogP contribution in [0.15, 0.2) is 60.8 Å². The number of allylic oxidation sites excluding steroid dienone is 10. The molecule has 0 aromatic rings. The van der Waals surface area contributed by atoms with Gasteiger partial charge in [0.1, 0.15) is 13.2 Å². The summed E-state index contributed by atoms with van der Waals surface area (Å²) in [6.45, 7) is 6.36. The molecule has 0 aliphatic rings. The number of esters is 3. The van der Waals surface area contributed by atoms with Gasteiger partial charge in [0.25, 0.3) is 0 Å². The van der Waals surface area contributed by atoms with Crippen LogP contribution < -0.4 is 0 Å². The van der Waals surface area contributed by atoms with Crippen molar-refractivity contribution in [2.75, 3.05) is 13.2 Å². The molecule has 328 valence electrons. The molecule has 6 nitrogen and oxygen atoms in total. The standard InChI is InChI=1S/C51H88O6/c1-4-7-10-13-16-19-21-22-23-24-25-26-27-28-30-32-35-38-41-44-50(53)56-47-48(46-55-49(52)43-40-37-34-31-18-15-12-9-6-3)57-51(54)45-42-39-36-33-29-20-17-14-11-8-5-2/h7,9-10,12,16,18-19,22-23,31,48H,4-6,8,11,13-15,17,20-21,24-30,32-47H2,1-3H3/b10-7-,12-9-,19-16-,23-22-,31-18-. The van der Waals surface area contributed by atoms with E-state index in [1.807, 2.05) is 0 Å². The molecule has 0 bridgehead atoms. The number of carbonyl (C=O) groups is 3. The smallest absolute Gasteiger partial charge is 0.306 e. The Balaban J connectivity index is 4.30. The lowest BCUT2D eigenvalue weighted by Crippen LogP contribution is -2.30. The molecule has 6 heteroatoms. The second kappa shape index (κ2) is 45.8. The fraction of sp³-hybridized carbons (Fsp3) is 0.745. The first-order chi connectivity index (χ1) is 28.0. The van der Waals surface area contributed by atoms with Crippen molar-refractivity contribution < 1.29 is 28.6 Å². The summed E-state index contributed by atoms with van der Waals surface area (Å²) in [6, 6.07) is 0. The Kier molecular flexibility index (Phi) is 43.5. The van der Waals surface area contributed by atoms with Gasteiger partial charge in [0.2, 0.25) is 0 Å². The largest absolute Gasteiger partial charge is 0.462 e. The van der Waals surface area contributed by atoms with Gasteiger partial charge in [-0.15, -0.1) is 0 Å². The molecule has 0 spiro atoms. The lowest BCUT2D eigenvalue weighted by atomic mass is 10.1. The molecule has 57 heavy (non-hydrogen) atoms. The molecule has 0 aliphatic heterocycles. The molecule has 0 aliphatic carbocycles. The third-order valence-corrected chi connectivity index (χ3v) is 10.0. The fourth-order valence-corrected chi connectivity index (χ4v) is 6.49. The molecule has 0 saturated carbocycles. The third-order valence-electron chi connectivity index (χ3n) is 10.0. The Morgan fingerprint density at radius 2 is 0.684 bits per heavy atom. The van der Waals surface area contributed by atoms with Crippen molar-refractivity contribution in [2.45, 2.75) is 232 Å². The van der Waals surface area contributed by atoms with Crippen LogP contribution >= 0.6 is 0 Å². The first-order valence-corrected chi connectivity index (χ1v) is 23.8. The maximum Gasteiger partial charge on any atom is 0.306 e. The average molecular weight is 797 g/mol. The Labute approximate surface area is 351 Å². The summed E-state index contributed by atoms with van der Waals surface area (Å²) in [6.07, 6.45) is 55.0. The van der Waals surface area contributed by atoms with E-state index in [-0.39, 0.29) is 31.1 Å². The van der Waals surface area contributed by atoms with Gasteiger partial charge in [-0.3, -0.25) is 14.4 Å². The maximum atomic E-state index is 12.7. The summed E-state index contributed by atoms with van der Waals surface area (Å²) in [5.41, 5.74) is 0. The van der Waals surface area contributed by atoms with Crippen molar-refractivity contribution >= 4 is 17.9 Å². The molecule has 0 heterocycles. The van der Waals surface area contributed by atoms with E-state index in [4.69, 9.17) is 14.2 Å². The molecule has 1 atom stereocenters. The first kappa shape index (κ1) is 54.1. The van der Waals surface area contributed by atoms with Crippen molar-refractivity contribution in [1.82, 2.24) is 0 Å². The highest BCUT2D eigenvalue weighted by Crippen LogP contribution is 2.14. The SMILES string of the molecule is CC/C=C\C/C=C\C/C=C\CCCCCCCCCCCC(=O)OCC(COC(=O)CCCC/C=C\C/C=C\CC)OC(=O)CCCCCCCCCCCCC. The minimum Gasteiger partial charge on any atom is -0.462 e. The topological polar surface area (TPSA) is 78.9 Å². The number of hydrogen-bond acceptors (Lipinski definition) is 6. The van der Waals surface area contributed by atoms with E-state index in [0.29, 0.717) is 19.3 Å². The number of ether oxygens (including phenoxy) is 3. The number of carbonyl (C=O) groups excluding carboxylic acids is 3. The van der Waals surface area contributed by atoms with Gasteiger partial charge in [-0.2, -0.15) is 0 Å². The molecule has 0 amide bonds. The van der Waals surface area contributed by atoms with Crippen LogP contribution in [-0.4, -0.2) is 37.2 Å². The van der Waals surface area contributed by atoms with Crippen LogP contribution in [0.3, 0.4) is 0 Å². The lowest BCUT2D eigenvalue weighted by molar-refractivity contribution is -0.167. The minimum atomic E-state index is -0.784. The zero-order valence-electron chi connectivity index (χ0n) is 37.3. The Morgan fingerprint density at radius 3 is 1.11 bits per heavy atom. The monoisotopic (exact) mass is 797 g/mol. The summed E-state index contributed by atoms with van der Waals surface area (Å²) in [4.78, 5) is 37.7. The predicted octanol–water partition coefficient (Wildman–Crippen LogP) is 15.3. The van der Waals surface area contributed by atoms with Gasteiger partial charge in [-0.1, -0.05) is 191 Å². The molecular formula is C51H88O6. The van der Waals surface area contributed by atoms with Gasteiger partial charge in [0.15, 0.2) is 6.10 Å². The van der Waals surface area contributed by atoms with E-state index in [0.717, 1.165) is 89.9 Å². The van der Waals surface area contributed by atoms with E-state index in [1.54, 1.807) is 0 Å². The summed E-state index contributed by atoms with van der Waals surface area (Å²) in [7, 11) is 0. The van der Waals surface area contributed by atoms with E-state index < -0.39 is 6.10 Å². The Bertz CT molecular complexity index is 1050. The van der Waals surface area contributed by atoms with E-state index in [9.17, 15) is 14.4 Å². The van der Waals surface area contributed by atoms with E-state index in [1.165, 1.54) is 96.3 Å². The molecule has 0 rings (SSSR count). The van der Waals surface area contributed by atoms with E-state index in [2.05, 4.69) is 81.5 Å². The molecule has 0 aromatic heterocycles. The van der Waals surface area contributed by atoms with Gasteiger partial charge >= 0.3 is 17.9 Å². The zero-order valence-corrected chi connectivity index (χ0v) is 37.3. The van der Waals surface area contributed by atoms with Gasteiger partial charge in [0, 0.05) is 19.3 Å². The zero-order chi connectivity index (χ0) is 41.5. The molecule has 0 radical (unpaired) electrons. The van der Waals surface area contributed by atoms with Crippen molar-refractivity contribution in [3.05, 3.63) is 60.8 Å². The molecule has 0 aromatic carbocycles. The summed E-state index contributed by atoms with van der Waals surface area (Å²) in [5, 5.41) is 0. The number of unbranched alkanes of at least 4 members (excludes halogenated alkanes) is 21. The van der Waals surface area contributed by atoms with Gasteiger partial charge in [0.05, 0.1) is 0 Å². The first-order valence-electron chi connectivity index (χ1n) is 23.8. The lowest BCUT2D eigenvalue weighted by Gasteiger charge is -2.18. The highest BCUT2D eigenvalue weighted by atomic mass is 16.6. The maximum absolute atomic E-state index is 12.7. The van der Waals surface area contributed by atoms with Crippen molar-refractivity contribution in [3.63, 3.8) is 0 Å². The second-order valence-corrected chi connectivity index (χ2v) is 15.6. The normalized spacial score (nSPS) is 12.5. The molecule has 0 N–H and O–H groups in total. The summed E-state index contributed by atoms with van der Waals surface area (Å²) < 4.78 is 16.7. The summed E-state index contributed by atoms with van der Waals surface area (Å²) >= 11 is 0. The molecule has 0 fully saturated rings. The Hall–Kier alpha value is -2.89. The second-order valence-electron chi connectivity index (χ2n) is 15.6. The van der Waals surface area contributed by atoms with Crippen LogP contribution in [0.25, 0.3) is 0 Å². The third kappa shape index (κ3) is 44.1. The van der Waals surface area contributed by atoms with Gasteiger partial charge in [-0.25, -0.2) is 0 Å². The summed E-state index contributed by atoms with van der Waals surface area (Å²) in [5.74, 6) is -0.930. The average Bonchev–Trinajstić information content (AvgIpc) is 3.21. The fourth-order valence-electron chi connectivity index (χ4n) is 6.49.